The number of benzene rings is 2. The number of guanidine groups is 1. The van der Waals surface area contributed by atoms with E-state index in [1.807, 2.05) is 0 Å². The van der Waals surface area contributed by atoms with Crippen molar-refractivity contribution in [3.05, 3.63) is 48.0 Å². The molecule has 2 aromatic rings. The number of fused-ring (bicyclic) bond motifs is 1. The van der Waals surface area contributed by atoms with Crippen molar-refractivity contribution in [2.45, 2.75) is 31.8 Å². The van der Waals surface area contributed by atoms with Gasteiger partial charge in [0, 0.05) is 20.1 Å². The number of carbonyl (C=O) groups excluding carboxylic acids is 1. The Morgan fingerprint density at radius 3 is 2.64 bits per heavy atom. The van der Waals surface area contributed by atoms with Crippen LogP contribution in [0.25, 0.3) is 10.8 Å². The first-order valence-electron chi connectivity index (χ1n) is 8.80. The van der Waals surface area contributed by atoms with Gasteiger partial charge < -0.3 is 15.5 Å². The number of hydrogen-bond donors (Lipinski definition) is 2. The number of hydrogen-bond acceptors (Lipinski definition) is 2. The van der Waals surface area contributed by atoms with Crippen LogP contribution in [0.1, 0.15) is 31.4 Å². The molecule has 1 aliphatic rings. The first kappa shape index (κ1) is 17.3. The Bertz CT molecular complexity index is 775. The quantitative estimate of drug-likeness (QED) is 0.651. The minimum atomic E-state index is -0.00490. The molecule has 5 heteroatoms. The summed E-state index contributed by atoms with van der Waals surface area (Å²) in [4.78, 5) is 17.9. The fourth-order valence-electron chi connectivity index (χ4n) is 2.75. The molecule has 0 radical (unpaired) electrons. The lowest BCUT2D eigenvalue weighted by Gasteiger charge is -2.20. The van der Waals surface area contributed by atoms with Crippen LogP contribution in [0.5, 0.6) is 0 Å². The van der Waals surface area contributed by atoms with Crippen LogP contribution in [0.2, 0.25) is 0 Å². The molecule has 1 fully saturated rings. The summed E-state index contributed by atoms with van der Waals surface area (Å²) < 4.78 is 0. The van der Waals surface area contributed by atoms with Crippen molar-refractivity contribution in [2.75, 3.05) is 20.6 Å². The highest BCUT2D eigenvalue weighted by atomic mass is 16.2. The Hall–Kier alpha value is -2.56. The summed E-state index contributed by atoms with van der Waals surface area (Å²) in [5.74, 6) is 0.702. The molecule has 3 rings (SSSR count). The summed E-state index contributed by atoms with van der Waals surface area (Å²) in [6.07, 6.45) is 2.32. The molecule has 0 heterocycles. The van der Waals surface area contributed by atoms with Crippen molar-refractivity contribution in [3.8, 4) is 0 Å². The predicted molar refractivity (Wildman–Crippen MR) is 103 cm³/mol. The van der Waals surface area contributed by atoms with Gasteiger partial charge in [0.05, 0.1) is 6.04 Å². The molecule has 1 amide bonds. The highest BCUT2D eigenvalue weighted by Crippen LogP contribution is 2.24. The Kier molecular flexibility index (Phi) is 5.22. The van der Waals surface area contributed by atoms with Gasteiger partial charge in [0.15, 0.2) is 5.96 Å². The SMILES string of the molecule is CC(NC(=NCC(=O)N(C)C)NC1CC1)c1cccc2ccccc12. The second-order valence-corrected chi connectivity index (χ2v) is 6.81. The van der Waals surface area contributed by atoms with Crippen LogP contribution < -0.4 is 10.6 Å². The van der Waals surface area contributed by atoms with E-state index in [1.54, 1.807) is 19.0 Å². The number of likely N-dealkylation sites (N-methyl/N-ethyl adjacent to an activating group) is 1. The Labute approximate surface area is 149 Å². The number of carbonyl (C=O) groups is 1. The molecule has 1 aliphatic carbocycles. The Morgan fingerprint density at radius 1 is 1.20 bits per heavy atom. The number of aliphatic imine (C=N–C) groups is 1. The lowest BCUT2D eigenvalue weighted by Crippen LogP contribution is -2.41. The zero-order valence-electron chi connectivity index (χ0n) is 15.1. The maximum absolute atomic E-state index is 11.8. The minimum absolute atomic E-state index is 0.00490. The minimum Gasteiger partial charge on any atom is -0.354 e. The third-order valence-electron chi connectivity index (χ3n) is 4.43. The first-order chi connectivity index (χ1) is 12.0. The Morgan fingerprint density at radius 2 is 1.92 bits per heavy atom. The summed E-state index contributed by atoms with van der Waals surface area (Å²) in [6.45, 7) is 2.27. The molecular formula is C20H26N4O. The lowest BCUT2D eigenvalue weighted by atomic mass is 10.00. The maximum atomic E-state index is 11.8. The van der Waals surface area contributed by atoms with Crippen molar-refractivity contribution in [1.29, 1.82) is 0 Å². The molecule has 132 valence electrons. The summed E-state index contributed by atoms with van der Waals surface area (Å²) >= 11 is 0. The number of nitrogens with one attached hydrogen (secondary N) is 2. The van der Waals surface area contributed by atoms with Gasteiger partial charge in [-0.3, -0.25) is 4.79 Å². The van der Waals surface area contributed by atoms with Gasteiger partial charge >= 0.3 is 0 Å². The van der Waals surface area contributed by atoms with Gasteiger partial charge in [-0.1, -0.05) is 42.5 Å². The molecule has 0 aliphatic heterocycles. The Balaban J connectivity index is 1.78. The van der Waals surface area contributed by atoms with Gasteiger partial charge in [-0.25, -0.2) is 4.99 Å². The van der Waals surface area contributed by atoms with E-state index >= 15 is 0 Å². The standard InChI is InChI=1S/C20H26N4O/c1-14(17-10-6-8-15-7-4-5-9-18(15)17)22-20(23-16-11-12-16)21-13-19(25)24(2)3/h4-10,14,16H,11-13H2,1-3H3,(H2,21,22,23). The lowest BCUT2D eigenvalue weighted by molar-refractivity contribution is -0.127. The largest absolute Gasteiger partial charge is 0.354 e. The molecular weight excluding hydrogens is 312 g/mol. The molecule has 25 heavy (non-hydrogen) atoms. The zero-order chi connectivity index (χ0) is 17.8. The molecule has 5 nitrogen and oxygen atoms in total. The van der Waals surface area contributed by atoms with Crippen molar-refractivity contribution < 1.29 is 4.79 Å². The van der Waals surface area contributed by atoms with E-state index in [1.165, 1.54) is 16.3 Å². The molecule has 2 N–H and O–H groups in total. The molecule has 0 bridgehead atoms. The second kappa shape index (κ2) is 7.55. The van der Waals surface area contributed by atoms with E-state index in [4.69, 9.17) is 0 Å². The topological polar surface area (TPSA) is 56.7 Å². The molecule has 2 aromatic carbocycles. The second-order valence-electron chi connectivity index (χ2n) is 6.81. The van der Waals surface area contributed by atoms with E-state index in [9.17, 15) is 4.79 Å². The summed E-state index contributed by atoms with van der Waals surface area (Å²) in [6, 6.07) is 15.3. The van der Waals surface area contributed by atoms with E-state index in [-0.39, 0.29) is 18.5 Å². The van der Waals surface area contributed by atoms with Crippen LogP contribution in [0.4, 0.5) is 0 Å². The molecule has 1 unspecified atom stereocenters. The van der Waals surface area contributed by atoms with E-state index in [0.29, 0.717) is 12.0 Å². The van der Waals surface area contributed by atoms with Crippen LogP contribution >= 0.6 is 0 Å². The fourth-order valence-corrected chi connectivity index (χ4v) is 2.75. The highest BCUT2D eigenvalue weighted by molar-refractivity contribution is 5.88. The monoisotopic (exact) mass is 338 g/mol. The van der Waals surface area contributed by atoms with Crippen LogP contribution in [0.3, 0.4) is 0 Å². The average molecular weight is 338 g/mol. The zero-order valence-corrected chi connectivity index (χ0v) is 15.1. The number of nitrogens with zero attached hydrogens (tertiary/aromatic N) is 2. The maximum Gasteiger partial charge on any atom is 0.243 e. The molecule has 0 saturated heterocycles. The normalized spacial score (nSPS) is 15.7. The molecule has 0 aromatic heterocycles. The van der Waals surface area contributed by atoms with Crippen LogP contribution in [-0.2, 0) is 4.79 Å². The summed E-state index contributed by atoms with van der Waals surface area (Å²) in [5.41, 5.74) is 1.22. The predicted octanol–water partition coefficient (Wildman–Crippen LogP) is 2.69. The van der Waals surface area contributed by atoms with Gasteiger partial charge in [-0.05, 0) is 36.1 Å². The van der Waals surface area contributed by atoms with Gasteiger partial charge in [-0.15, -0.1) is 0 Å². The van der Waals surface area contributed by atoms with Crippen LogP contribution in [0, 0.1) is 0 Å². The van der Waals surface area contributed by atoms with Crippen molar-refractivity contribution in [3.63, 3.8) is 0 Å². The van der Waals surface area contributed by atoms with Gasteiger partial charge in [-0.2, -0.15) is 0 Å². The summed E-state index contributed by atoms with van der Waals surface area (Å²) in [5, 5.41) is 9.32. The highest BCUT2D eigenvalue weighted by Gasteiger charge is 2.23. The number of amides is 1. The van der Waals surface area contributed by atoms with Gasteiger partial charge in [0.2, 0.25) is 5.91 Å². The number of rotatable bonds is 5. The third kappa shape index (κ3) is 4.50. The summed E-state index contributed by atoms with van der Waals surface area (Å²) in [7, 11) is 3.50. The van der Waals surface area contributed by atoms with E-state index in [0.717, 1.165) is 12.8 Å². The van der Waals surface area contributed by atoms with E-state index < -0.39 is 0 Å². The van der Waals surface area contributed by atoms with E-state index in [2.05, 4.69) is 65.0 Å². The van der Waals surface area contributed by atoms with Gasteiger partial charge in [0.1, 0.15) is 6.54 Å². The van der Waals surface area contributed by atoms with Crippen LogP contribution in [0.15, 0.2) is 47.5 Å². The van der Waals surface area contributed by atoms with Crippen molar-refractivity contribution in [1.82, 2.24) is 15.5 Å². The first-order valence-corrected chi connectivity index (χ1v) is 8.80. The van der Waals surface area contributed by atoms with Crippen LogP contribution in [-0.4, -0.2) is 43.4 Å². The van der Waals surface area contributed by atoms with Crippen molar-refractivity contribution in [2.24, 2.45) is 4.99 Å². The molecule has 0 spiro atoms. The molecule has 1 saturated carbocycles. The smallest absolute Gasteiger partial charge is 0.243 e. The van der Waals surface area contributed by atoms with Gasteiger partial charge in [0.25, 0.3) is 0 Å². The average Bonchev–Trinajstić information content (AvgIpc) is 3.42. The third-order valence-corrected chi connectivity index (χ3v) is 4.43. The molecule has 1 atom stereocenters. The fraction of sp³-hybridized carbons (Fsp3) is 0.400. The van der Waals surface area contributed by atoms with Crippen molar-refractivity contribution >= 4 is 22.6 Å².